The van der Waals surface area contributed by atoms with Crippen LogP contribution < -0.4 is 15.8 Å². The number of fused-ring (bicyclic) bond motifs is 1. The Morgan fingerprint density at radius 1 is 1.22 bits per heavy atom. The maximum Gasteiger partial charge on any atom is 0.325 e. The molecule has 0 radical (unpaired) electrons. The van der Waals surface area contributed by atoms with Gasteiger partial charge in [0.05, 0.1) is 7.11 Å². The molecule has 0 unspecified atom stereocenters. The summed E-state index contributed by atoms with van der Waals surface area (Å²) in [7, 11) is 1.56. The zero-order chi connectivity index (χ0) is 16.2. The summed E-state index contributed by atoms with van der Waals surface area (Å²) in [5, 5.41) is 2.47. The van der Waals surface area contributed by atoms with Crippen molar-refractivity contribution in [3.8, 4) is 5.75 Å². The highest BCUT2D eigenvalue weighted by Gasteiger charge is 2.09. The largest absolute Gasteiger partial charge is 0.497 e. The van der Waals surface area contributed by atoms with Gasteiger partial charge in [-0.3, -0.25) is 10.1 Å². The monoisotopic (exact) mass is 310 g/mol. The Balaban J connectivity index is 1.74. The highest BCUT2D eigenvalue weighted by molar-refractivity contribution is 6.05. The van der Waals surface area contributed by atoms with E-state index in [9.17, 15) is 4.79 Å². The van der Waals surface area contributed by atoms with Gasteiger partial charge in [0.2, 0.25) is 5.96 Å². The van der Waals surface area contributed by atoms with Crippen LogP contribution in [0, 0.1) is 0 Å². The van der Waals surface area contributed by atoms with E-state index in [0.29, 0.717) is 22.4 Å². The first-order chi connectivity index (χ1) is 11.2. The zero-order valence-corrected chi connectivity index (χ0v) is 12.3. The van der Waals surface area contributed by atoms with Gasteiger partial charge in [-0.05, 0) is 36.4 Å². The van der Waals surface area contributed by atoms with Gasteiger partial charge >= 0.3 is 6.01 Å². The van der Waals surface area contributed by atoms with Gasteiger partial charge in [0.25, 0.3) is 5.91 Å². The lowest BCUT2D eigenvalue weighted by atomic mass is 10.2. The van der Waals surface area contributed by atoms with Crippen molar-refractivity contribution in [2.75, 3.05) is 7.11 Å². The van der Waals surface area contributed by atoms with Crippen LogP contribution in [0.15, 0.2) is 57.9 Å². The Morgan fingerprint density at radius 2 is 1.96 bits per heavy atom. The fraction of sp³-hybridized carbons (Fsp3) is 0.0625. The maximum atomic E-state index is 12.1. The summed E-state index contributed by atoms with van der Waals surface area (Å²) in [6.07, 6.45) is 0. The standard InChI is InChI=1S/C16H14N4O3/c1-22-11-8-6-10(7-9-11)14(21)19-15(17)20-16-18-12-4-2-3-5-13(12)23-16/h2-9H,1H3,(H3,17,18,19,20,21). The lowest BCUT2D eigenvalue weighted by Crippen LogP contribution is -2.36. The van der Waals surface area contributed by atoms with Crippen molar-refractivity contribution in [3.05, 3.63) is 54.1 Å². The summed E-state index contributed by atoms with van der Waals surface area (Å²) in [6.45, 7) is 0. The molecule has 0 bridgehead atoms. The van der Waals surface area contributed by atoms with Crippen molar-refractivity contribution in [2.45, 2.75) is 0 Å². The predicted octanol–water partition coefficient (Wildman–Crippen LogP) is 2.21. The van der Waals surface area contributed by atoms with Gasteiger partial charge in [-0.25, -0.2) is 0 Å². The molecule has 7 heteroatoms. The molecule has 0 fully saturated rings. The molecule has 1 amide bonds. The van der Waals surface area contributed by atoms with Crippen LogP contribution >= 0.6 is 0 Å². The Labute approximate surface area is 131 Å². The number of guanidine groups is 1. The van der Waals surface area contributed by atoms with Crippen molar-refractivity contribution in [3.63, 3.8) is 0 Å². The summed E-state index contributed by atoms with van der Waals surface area (Å²) in [4.78, 5) is 20.2. The fourth-order valence-corrected chi connectivity index (χ4v) is 1.97. The number of methoxy groups -OCH3 is 1. The van der Waals surface area contributed by atoms with E-state index in [1.54, 1.807) is 43.5 Å². The van der Waals surface area contributed by atoms with Gasteiger partial charge in [0.15, 0.2) is 5.58 Å². The van der Waals surface area contributed by atoms with Gasteiger partial charge in [0.1, 0.15) is 11.3 Å². The number of hydrogen-bond donors (Lipinski definition) is 2. The lowest BCUT2D eigenvalue weighted by molar-refractivity contribution is 0.0976. The van der Waals surface area contributed by atoms with Crippen molar-refractivity contribution in [2.24, 2.45) is 10.7 Å². The van der Waals surface area contributed by atoms with Crippen LogP contribution in [0.4, 0.5) is 6.01 Å². The lowest BCUT2D eigenvalue weighted by Gasteiger charge is -2.04. The summed E-state index contributed by atoms with van der Waals surface area (Å²) in [5.74, 6) is 0.178. The normalized spacial score (nSPS) is 11.4. The number of carbonyl (C=O) groups is 1. The van der Waals surface area contributed by atoms with Crippen molar-refractivity contribution >= 4 is 29.0 Å². The van der Waals surface area contributed by atoms with E-state index in [0.717, 1.165) is 0 Å². The number of rotatable bonds is 3. The number of nitrogens with two attached hydrogens (primary N) is 1. The molecule has 0 saturated carbocycles. The molecule has 0 aliphatic heterocycles. The van der Waals surface area contributed by atoms with E-state index in [-0.39, 0.29) is 17.9 Å². The minimum absolute atomic E-state index is 0.0822. The Hall–Kier alpha value is -3.35. The van der Waals surface area contributed by atoms with Crippen molar-refractivity contribution in [1.82, 2.24) is 10.3 Å². The number of carbonyl (C=O) groups excluding carboxylic acids is 1. The third-order valence-corrected chi connectivity index (χ3v) is 3.09. The summed E-state index contributed by atoms with van der Waals surface area (Å²) >= 11 is 0. The van der Waals surface area contributed by atoms with E-state index in [1.807, 2.05) is 12.1 Å². The molecular weight excluding hydrogens is 296 g/mol. The van der Waals surface area contributed by atoms with Gasteiger partial charge in [-0.1, -0.05) is 12.1 Å². The van der Waals surface area contributed by atoms with E-state index in [4.69, 9.17) is 14.9 Å². The average molecular weight is 310 g/mol. The van der Waals surface area contributed by atoms with Crippen LogP contribution in [0.25, 0.3) is 11.1 Å². The molecule has 3 rings (SSSR count). The highest BCUT2D eigenvalue weighted by atomic mass is 16.5. The third kappa shape index (κ3) is 3.29. The molecule has 116 valence electrons. The van der Waals surface area contributed by atoms with Gasteiger partial charge < -0.3 is 14.9 Å². The number of aromatic nitrogens is 1. The second kappa shape index (κ2) is 6.18. The first-order valence-electron chi connectivity index (χ1n) is 6.81. The van der Waals surface area contributed by atoms with Gasteiger partial charge in [0, 0.05) is 5.56 Å². The molecular formula is C16H14N4O3. The first-order valence-corrected chi connectivity index (χ1v) is 6.81. The van der Waals surface area contributed by atoms with Crippen LogP contribution in [-0.2, 0) is 0 Å². The summed E-state index contributed by atoms with van der Waals surface area (Å²) in [5.41, 5.74) is 7.41. The van der Waals surface area contributed by atoms with Crippen LogP contribution in [0.2, 0.25) is 0 Å². The quantitative estimate of drug-likeness (QED) is 0.570. The Kier molecular flexibility index (Phi) is 3.92. The molecule has 7 nitrogen and oxygen atoms in total. The van der Waals surface area contributed by atoms with E-state index in [2.05, 4.69) is 15.3 Å². The molecule has 3 aromatic rings. The van der Waals surface area contributed by atoms with E-state index >= 15 is 0 Å². The predicted molar refractivity (Wildman–Crippen MR) is 85.8 cm³/mol. The minimum atomic E-state index is -0.384. The number of benzene rings is 2. The number of ether oxygens (including phenoxy) is 1. The Morgan fingerprint density at radius 3 is 2.65 bits per heavy atom. The number of hydrogen-bond acceptors (Lipinski definition) is 5. The molecule has 1 heterocycles. The fourth-order valence-electron chi connectivity index (χ4n) is 1.97. The van der Waals surface area contributed by atoms with Gasteiger partial charge in [-0.15, -0.1) is 0 Å². The number of aliphatic imine (C=N–C) groups is 1. The first kappa shape index (κ1) is 14.6. The molecule has 1 aromatic heterocycles. The molecule has 0 atom stereocenters. The number of para-hydroxylation sites is 2. The number of oxazole rings is 1. The minimum Gasteiger partial charge on any atom is -0.497 e. The SMILES string of the molecule is COc1ccc(C(=O)NC(N)=Nc2nc3ccccc3o2)cc1. The molecule has 0 saturated heterocycles. The maximum absolute atomic E-state index is 12.1. The molecule has 0 aliphatic rings. The molecule has 2 aromatic carbocycles. The Bertz CT molecular complexity index is 835. The highest BCUT2D eigenvalue weighted by Crippen LogP contribution is 2.20. The molecule has 3 N–H and O–H groups in total. The topological polar surface area (TPSA) is 103 Å². The van der Waals surface area contributed by atoms with Crippen molar-refractivity contribution in [1.29, 1.82) is 0 Å². The van der Waals surface area contributed by atoms with E-state index < -0.39 is 0 Å². The second-order valence-electron chi connectivity index (χ2n) is 4.64. The molecule has 0 spiro atoms. The summed E-state index contributed by atoms with van der Waals surface area (Å²) < 4.78 is 10.4. The average Bonchev–Trinajstić information content (AvgIpc) is 2.96. The smallest absolute Gasteiger partial charge is 0.325 e. The van der Waals surface area contributed by atoms with Crippen LogP contribution in [0.5, 0.6) is 5.75 Å². The van der Waals surface area contributed by atoms with Crippen molar-refractivity contribution < 1.29 is 13.9 Å². The van der Waals surface area contributed by atoms with Crippen LogP contribution in [0.1, 0.15) is 10.4 Å². The third-order valence-electron chi connectivity index (χ3n) is 3.09. The summed E-state index contributed by atoms with van der Waals surface area (Å²) in [6, 6.07) is 13.9. The van der Waals surface area contributed by atoms with E-state index in [1.165, 1.54) is 0 Å². The second-order valence-corrected chi connectivity index (χ2v) is 4.64. The molecule has 23 heavy (non-hydrogen) atoms. The van der Waals surface area contributed by atoms with Crippen LogP contribution in [-0.4, -0.2) is 24.0 Å². The number of nitrogens with zero attached hydrogens (tertiary/aromatic N) is 2. The molecule has 0 aliphatic carbocycles. The zero-order valence-electron chi connectivity index (χ0n) is 12.3. The van der Waals surface area contributed by atoms with Crippen LogP contribution in [0.3, 0.4) is 0 Å². The van der Waals surface area contributed by atoms with Gasteiger partial charge in [-0.2, -0.15) is 9.98 Å². The number of nitrogens with one attached hydrogen (secondary N) is 1. The number of amides is 1.